The van der Waals surface area contributed by atoms with Crippen LogP contribution in [0.4, 0.5) is 5.95 Å². The van der Waals surface area contributed by atoms with Gasteiger partial charge >= 0.3 is 0 Å². The average molecular weight is 258 g/mol. The maximum Gasteiger partial charge on any atom is 0.222 e. The molecule has 3 N–H and O–H groups in total. The number of benzene rings is 1. The number of nitrogens with zero attached hydrogens (tertiary/aromatic N) is 2. The van der Waals surface area contributed by atoms with Crippen molar-refractivity contribution >= 4 is 5.95 Å². The summed E-state index contributed by atoms with van der Waals surface area (Å²) < 4.78 is 5.14. The molecule has 100 valence electrons. The van der Waals surface area contributed by atoms with Crippen LogP contribution in [0, 0.1) is 0 Å². The number of rotatable bonds is 6. The summed E-state index contributed by atoms with van der Waals surface area (Å²) in [5.41, 5.74) is 7.59. The van der Waals surface area contributed by atoms with Crippen LogP contribution in [0.1, 0.15) is 11.3 Å². The summed E-state index contributed by atoms with van der Waals surface area (Å²) in [5, 5.41) is 3.07. The molecule has 1 heterocycles. The van der Waals surface area contributed by atoms with Crippen LogP contribution in [0.2, 0.25) is 0 Å². The molecular weight excluding hydrogens is 240 g/mol. The Morgan fingerprint density at radius 3 is 2.68 bits per heavy atom. The van der Waals surface area contributed by atoms with Gasteiger partial charge < -0.3 is 15.8 Å². The summed E-state index contributed by atoms with van der Waals surface area (Å²) in [4.78, 5) is 8.59. The van der Waals surface area contributed by atoms with E-state index < -0.39 is 0 Å². The van der Waals surface area contributed by atoms with Gasteiger partial charge in [-0.15, -0.1) is 0 Å². The smallest absolute Gasteiger partial charge is 0.222 e. The molecule has 1 aromatic heterocycles. The first-order valence-corrected chi connectivity index (χ1v) is 6.20. The van der Waals surface area contributed by atoms with E-state index in [0.29, 0.717) is 19.0 Å². The van der Waals surface area contributed by atoms with Crippen molar-refractivity contribution in [1.82, 2.24) is 9.97 Å². The van der Waals surface area contributed by atoms with Crippen LogP contribution in [0.3, 0.4) is 0 Å². The normalized spacial score (nSPS) is 10.2. The molecule has 0 atom stereocenters. The zero-order valence-electron chi connectivity index (χ0n) is 11.0. The van der Waals surface area contributed by atoms with Crippen molar-refractivity contribution in [1.29, 1.82) is 0 Å². The molecule has 19 heavy (non-hydrogen) atoms. The van der Waals surface area contributed by atoms with E-state index in [2.05, 4.69) is 15.3 Å². The van der Waals surface area contributed by atoms with Crippen LogP contribution in [-0.2, 0) is 6.42 Å². The Hall–Kier alpha value is -2.14. The highest BCUT2D eigenvalue weighted by Gasteiger charge is 2.01. The number of anilines is 1. The number of ether oxygens (including phenoxy) is 1. The molecule has 0 bridgehead atoms. The fraction of sp³-hybridized carbons (Fsp3) is 0.286. The minimum Gasteiger partial charge on any atom is -0.497 e. The second-order valence-electron chi connectivity index (χ2n) is 4.11. The lowest BCUT2D eigenvalue weighted by molar-refractivity contribution is 0.414. The Morgan fingerprint density at radius 1 is 1.21 bits per heavy atom. The summed E-state index contributed by atoms with van der Waals surface area (Å²) in [5.74, 6) is 1.48. The lowest BCUT2D eigenvalue weighted by atomic mass is 10.1. The van der Waals surface area contributed by atoms with Crippen molar-refractivity contribution in [3.8, 4) is 5.75 Å². The Labute approximate surface area is 112 Å². The molecule has 0 saturated carbocycles. The predicted molar refractivity (Wildman–Crippen MR) is 75.4 cm³/mol. The quantitative estimate of drug-likeness (QED) is 0.820. The minimum atomic E-state index is 0.562. The highest BCUT2D eigenvalue weighted by molar-refractivity contribution is 5.31. The maximum atomic E-state index is 5.44. The van der Waals surface area contributed by atoms with Crippen LogP contribution in [0.15, 0.2) is 36.5 Å². The van der Waals surface area contributed by atoms with Crippen molar-refractivity contribution in [3.63, 3.8) is 0 Å². The van der Waals surface area contributed by atoms with E-state index in [4.69, 9.17) is 10.5 Å². The first kappa shape index (κ1) is 13.3. The van der Waals surface area contributed by atoms with E-state index in [-0.39, 0.29) is 0 Å². The molecule has 0 aliphatic rings. The molecule has 0 saturated heterocycles. The summed E-state index contributed by atoms with van der Waals surface area (Å²) in [6.45, 7) is 1.23. The van der Waals surface area contributed by atoms with E-state index >= 15 is 0 Å². The van der Waals surface area contributed by atoms with Gasteiger partial charge in [0.2, 0.25) is 5.95 Å². The Bertz CT molecular complexity index is 513. The second kappa shape index (κ2) is 6.70. The number of nitrogens with one attached hydrogen (secondary N) is 1. The van der Waals surface area contributed by atoms with Gasteiger partial charge in [0, 0.05) is 25.7 Å². The zero-order valence-corrected chi connectivity index (χ0v) is 11.0. The molecule has 0 spiro atoms. The van der Waals surface area contributed by atoms with Gasteiger partial charge in [0.1, 0.15) is 5.75 Å². The van der Waals surface area contributed by atoms with Gasteiger partial charge in [0.05, 0.1) is 12.8 Å². The van der Waals surface area contributed by atoms with Gasteiger partial charge in [-0.1, -0.05) is 12.1 Å². The monoisotopic (exact) mass is 258 g/mol. The number of nitrogens with two attached hydrogens (primary N) is 1. The number of aromatic nitrogens is 2. The highest BCUT2D eigenvalue weighted by atomic mass is 16.5. The van der Waals surface area contributed by atoms with Crippen molar-refractivity contribution < 1.29 is 4.74 Å². The summed E-state index contributed by atoms with van der Waals surface area (Å²) >= 11 is 0. The Balaban J connectivity index is 2.05. The van der Waals surface area contributed by atoms with Gasteiger partial charge in [0.25, 0.3) is 0 Å². The summed E-state index contributed by atoms with van der Waals surface area (Å²) in [6, 6.07) is 9.88. The van der Waals surface area contributed by atoms with Crippen molar-refractivity contribution in [2.75, 3.05) is 25.5 Å². The van der Waals surface area contributed by atoms with Crippen molar-refractivity contribution in [3.05, 3.63) is 47.8 Å². The Morgan fingerprint density at radius 2 is 2.00 bits per heavy atom. The SMILES string of the molecule is COc1ccc(Cc2ccnc(NCCN)n2)cc1. The minimum absolute atomic E-state index is 0.562. The van der Waals surface area contributed by atoms with E-state index in [1.54, 1.807) is 13.3 Å². The fourth-order valence-corrected chi connectivity index (χ4v) is 1.72. The molecule has 0 amide bonds. The van der Waals surface area contributed by atoms with Crippen molar-refractivity contribution in [2.45, 2.75) is 6.42 Å². The standard InChI is InChI=1S/C14H18N4O/c1-19-13-4-2-11(3-5-13)10-12-6-8-16-14(18-12)17-9-7-15/h2-6,8H,7,9-10,15H2,1H3,(H,16,17,18). The molecule has 0 radical (unpaired) electrons. The van der Waals surface area contributed by atoms with Crippen LogP contribution in [0.25, 0.3) is 0 Å². The second-order valence-corrected chi connectivity index (χ2v) is 4.11. The lowest BCUT2D eigenvalue weighted by Gasteiger charge is -2.06. The number of methoxy groups -OCH3 is 1. The topological polar surface area (TPSA) is 73.1 Å². The first-order chi connectivity index (χ1) is 9.31. The third-order valence-electron chi connectivity index (χ3n) is 2.68. The van der Waals surface area contributed by atoms with E-state index in [0.717, 1.165) is 17.9 Å². The molecule has 0 aliphatic heterocycles. The molecule has 5 nitrogen and oxygen atoms in total. The molecule has 0 aliphatic carbocycles. The molecule has 5 heteroatoms. The van der Waals surface area contributed by atoms with Gasteiger partial charge in [-0.2, -0.15) is 0 Å². The van der Waals surface area contributed by atoms with Crippen molar-refractivity contribution in [2.24, 2.45) is 5.73 Å². The molecule has 0 unspecified atom stereocenters. The van der Waals surface area contributed by atoms with Crippen LogP contribution in [0.5, 0.6) is 5.75 Å². The number of hydrogen-bond acceptors (Lipinski definition) is 5. The van der Waals surface area contributed by atoms with Gasteiger partial charge in [-0.05, 0) is 23.8 Å². The predicted octanol–water partition coefficient (Wildman–Crippen LogP) is 1.45. The largest absolute Gasteiger partial charge is 0.497 e. The molecule has 0 fully saturated rings. The maximum absolute atomic E-state index is 5.44. The zero-order chi connectivity index (χ0) is 13.5. The molecule has 2 rings (SSSR count). The summed E-state index contributed by atoms with van der Waals surface area (Å²) in [7, 11) is 1.66. The van der Waals surface area contributed by atoms with E-state index in [1.165, 1.54) is 5.56 Å². The van der Waals surface area contributed by atoms with E-state index in [9.17, 15) is 0 Å². The molecule has 1 aromatic carbocycles. The van der Waals surface area contributed by atoms with Gasteiger partial charge in [0.15, 0.2) is 0 Å². The van der Waals surface area contributed by atoms with Crippen LogP contribution < -0.4 is 15.8 Å². The lowest BCUT2D eigenvalue weighted by Crippen LogP contribution is -2.15. The van der Waals surface area contributed by atoms with Crippen LogP contribution >= 0.6 is 0 Å². The van der Waals surface area contributed by atoms with Crippen LogP contribution in [-0.4, -0.2) is 30.2 Å². The third kappa shape index (κ3) is 3.93. The third-order valence-corrected chi connectivity index (χ3v) is 2.68. The highest BCUT2D eigenvalue weighted by Crippen LogP contribution is 2.14. The Kier molecular flexibility index (Phi) is 4.69. The van der Waals surface area contributed by atoms with Gasteiger partial charge in [-0.3, -0.25) is 0 Å². The van der Waals surface area contributed by atoms with E-state index in [1.807, 2.05) is 30.3 Å². The first-order valence-electron chi connectivity index (χ1n) is 6.20. The van der Waals surface area contributed by atoms with Gasteiger partial charge in [-0.25, -0.2) is 9.97 Å². The summed E-state index contributed by atoms with van der Waals surface area (Å²) in [6.07, 6.45) is 2.52. The average Bonchev–Trinajstić information content (AvgIpc) is 2.46. The molecule has 2 aromatic rings. The fourth-order valence-electron chi connectivity index (χ4n) is 1.72. The number of hydrogen-bond donors (Lipinski definition) is 2. The molecular formula is C14H18N4O.